The summed E-state index contributed by atoms with van der Waals surface area (Å²) in [6, 6.07) is 0. The molecule has 0 heterocycles. The van der Waals surface area contributed by atoms with Crippen LogP contribution < -0.4 is 0 Å². The van der Waals surface area contributed by atoms with Crippen molar-refractivity contribution in [3.8, 4) is 0 Å². The van der Waals surface area contributed by atoms with Crippen molar-refractivity contribution in [3.05, 3.63) is 11.6 Å². The van der Waals surface area contributed by atoms with Crippen LogP contribution in [0.25, 0.3) is 0 Å². The summed E-state index contributed by atoms with van der Waals surface area (Å²) in [7, 11) is 0. The van der Waals surface area contributed by atoms with Crippen molar-refractivity contribution in [2.24, 2.45) is 28.6 Å². The van der Waals surface area contributed by atoms with Gasteiger partial charge in [-0.05, 0) is 55.9 Å². The minimum Gasteiger partial charge on any atom is -0.393 e. The number of hydrogen-bond acceptors (Lipinski definition) is 5. The maximum Gasteiger partial charge on any atom is 0.190 e. The molecule has 7 atom stereocenters. The molecular weight excluding hydrogens is 320 g/mol. The van der Waals surface area contributed by atoms with E-state index in [1.165, 1.54) is 5.57 Å². The zero-order chi connectivity index (χ0) is 18.2. The van der Waals surface area contributed by atoms with Crippen LogP contribution in [-0.2, 0) is 9.59 Å². The molecule has 4 rings (SSSR count). The first-order valence-electron chi connectivity index (χ1n) is 9.46. The quantitative estimate of drug-likeness (QED) is 0.701. The molecule has 0 saturated heterocycles. The summed E-state index contributed by atoms with van der Waals surface area (Å²) in [5.74, 6) is -0.0414. The molecule has 3 saturated carbocycles. The fraction of sp³-hybridized carbons (Fsp3) is 0.800. The second-order valence-corrected chi connectivity index (χ2v) is 9.23. The lowest BCUT2D eigenvalue weighted by Crippen LogP contribution is -2.61. The second kappa shape index (κ2) is 5.24. The van der Waals surface area contributed by atoms with Crippen LogP contribution in [0.1, 0.15) is 52.4 Å². The summed E-state index contributed by atoms with van der Waals surface area (Å²) in [4.78, 5) is 24.4. The normalized spacial score (nSPS) is 51.6. The van der Waals surface area contributed by atoms with Crippen molar-refractivity contribution in [1.29, 1.82) is 0 Å². The molecule has 3 fully saturated rings. The van der Waals surface area contributed by atoms with Gasteiger partial charge in [0.15, 0.2) is 11.6 Å². The molecular formula is C20H28O5. The van der Waals surface area contributed by atoms with Crippen molar-refractivity contribution in [1.82, 2.24) is 0 Å². The molecule has 5 nitrogen and oxygen atoms in total. The van der Waals surface area contributed by atoms with Crippen LogP contribution in [0.15, 0.2) is 11.6 Å². The van der Waals surface area contributed by atoms with Gasteiger partial charge in [0.1, 0.15) is 12.2 Å². The Morgan fingerprint density at radius 1 is 1.32 bits per heavy atom. The Balaban J connectivity index is 1.74. The molecule has 0 radical (unpaired) electrons. The highest BCUT2D eigenvalue weighted by molar-refractivity contribution is 5.94. The van der Waals surface area contributed by atoms with Crippen molar-refractivity contribution in [3.63, 3.8) is 0 Å². The summed E-state index contributed by atoms with van der Waals surface area (Å²) >= 11 is 0. The number of aliphatic hydroxyl groups is 3. The summed E-state index contributed by atoms with van der Waals surface area (Å²) in [6.07, 6.45) is 4.76. The van der Waals surface area contributed by atoms with Gasteiger partial charge in [0.2, 0.25) is 0 Å². The van der Waals surface area contributed by atoms with Gasteiger partial charge in [0.25, 0.3) is 0 Å². The highest BCUT2D eigenvalue weighted by Gasteiger charge is 2.68. The van der Waals surface area contributed by atoms with Crippen molar-refractivity contribution in [2.45, 2.75) is 64.1 Å². The van der Waals surface area contributed by atoms with E-state index in [-0.39, 0.29) is 29.0 Å². The minimum atomic E-state index is -1.55. The number of fused-ring (bicyclic) bond motifs is 5. The number of ketones is 2. The smallest absolute Gasteiger partial charge is 0.190 e. The summed E-state index contributed by atoms with van der Waals surface area (Å²) in [5, 5.41) is 31.5. The van der Waals surface area contributed by atoms with E-state index in [0.717, 1.165) is 19.3 Å². The topological polar surface area (TPSA) is 94.8 Å². The molecule has 25 heavy (non-hydrogen) atoms. The van der Waals surface area contributed by atoms with Gasteiger partial charge in [-0.2, -0.15) is 0 Å². The van der Waals surface area contributed by atoms with E-state index in [2.05, 4.69) is 6.92 Å². The van der Waals surface area contributed by atoms with E-state index >= 15 is 0 Å². The summed E-state index contributed by atoms with van der Waals surface area (Å²) in [5.41, 5.74) is -1.39. The number of hydrogen-bond donors (Lipinski definition) is 3. The van der Waals surface area contributed by atoms with Gasteiger partial charge in [-0.15, -0.1) is 0 Å². The van der Waals surface area contributed by atoms with Gasteiger partial charge in [-0.1, -0.05) is 19.4 Å². The lowest BCUT2D eigenvalue weighted by atomic mass is 9.47. The van der Waals surface area contributed by atoms with E-state index in [1.807, 2.05) is 6.92 Å². The van der Waals surface area contributed by atoms with Gasteiger partial charge >= 0.3 is 0 Å². The van der Waals surface area contributed by atoms with Crippen molar-refractivity contribution in [2.75, 3.05) is 6.61 Å². The predicted molar refractivity (Wildman–Crippen MR) is 90.5 cm³/mol. The Labute approximate surface area is 148 Å². The van der Waals surface area contributed by atoms with Crippen molar-refractivity contribution >= 4 is 11.6 Å². The van der Waals surface area contributed by atoms with Crippen LogP contribution in [0.3, 0.4) is 0 Å². The van der Waals surface area contributed by atoms with Gasteiger partial charge in [-0.25, -0.2) is 0 Å². The average Bonchev–Trinajstić information content (AvgIpc) is 2.99. The van der Waals surface area contributed by atoms with Crippen LogP contribution in [0.5, 0.6) is 0 Å². The van der Waals surface area contributed by atoms with E-state index in [1.54, 1.807) is 6.08 Å². The van der Waals surface area contributed by atoms with E-state index in [9.17, 15) is 24.9 Å². The van der Waals surface area contributed by atoms with E-state index in [4.69, 9.17) is 0 Å². The third kappa shape index (κ3) is 2.00. The second-order valence-electron chi connectivity index (χ2n) is 9.23. The number of Topliss-reactive ketones (excluding diaryl/α,β-unsaturated/α-hetero) is 1. The summed E-state index contributed by atoms with van der Waals surface area (Å²) < 4.78 is 0. The van der Waals surface area contributed by atoms with Crippen LogP contribution >= 0.6 is 0 Å². The first-order valence-corrected chi connectivity index (χ1v) is 9.46. The molecule has 0 amide bonds. The Bertz CT molecular complexity index is 669. The molecule has 0 bridgehead atoms. The fourth-order valence-corrected chi connectivity index (χ4v) is 7.14. The molecule has 3 N–H and O–H groups in total. The molecule has 0 aromatic carbocycles. The average molecular weight is 348 g/mol. The molecule has 0 aromatic rings. The minimum absolute atomic E-state index is 0.00334. The molecule has 0 spiro atoms. The maximum absolute atomic E-state index is 12.3. The van der Waals surface area contributed by atoms with Gasteiger partial charge in [0, 0.05) is 17.3 Å². The van der Waals surface area contributed by atoms with Crippen LogP contribution in [0.4, 0.5) is 0 Å². The zero-order valence-corrected chi connectivity index (χ0v) is 15.0. The van der Waals surface area contributed by atoms with E-state index < -0.39 is 29.5 Å². The van der Waals surface area contributed by atoms with Gasteiger partial charge < -0.3 is 15.3 Å². The third-order valence-corrected chi connectivity index (χ3v) is 8.30. The predicted octanol–water partition coefficient (Wildman–Crippen LogP) is 1.39. The highest BCUT2D eigenvalue weighted by atomic mass is 16.3. The zero-order valence-electron chi connectivity index (χ0n) is 15.0. The largest absolute Gasteiger partial charge is 0.393 e. The monoisotopic (exact) mass is 348 g/mol. The molecule has 0 aliphatic heterocycles. The Morgan fingerprint density at radius 2 is 2.04 bits per heavy atom. The number of aliphatic hydroxyl groups excluding tert-OH is 2. The molecule has 4 aliphatic rings. The first kappa shape index (κ1) is 17.4. The van der Waals surface area contributed by atoms with Gasteiger partial charge in [-0.3, -0.25) is 9.59 Å². The Kier molecular flexibility index (Phi) is 3.64. The maximum atomic E-state index is 12.3. The van der Waals surface area contributed by atoms with Crippen molar-refractivity contribution < 1.29 is 24.9 Å². The SMILES string of the molecule is C[C@]12CC(=O)C=C1CC[C@@H]1[C@@H]2[C@@H](O)C[C@@]2(C)[C@H]1CC[C@]2(O)C(=O)CO. The molecule has 0 unspecified atom stereocenters. The number of carbonyl (C=O) groups excluding carboxylic acids is 2. The fourth-order valence-electron chi connectivity index (χ4n) is 7.14. The van der Waals surface area contributed by atoms with Crippen LogP contribution in [0, 0.1) is 28.6 Å². The molecule has 4 aliphatic carbocycles. The molecule has 138 valence electrons. The third-order valence-electron chi connectivity index (χ3n) is 8.30. The number of carbonyl (C=O) groups is 2. The lowest BCUT2D eigenvalue weighted by molar-refractivity contribution is -0.181. The lowest BCUT2D eigenvalue weighted by Gasteiger charge is -2.59. The molecule has 0 aromatic heterocycles. The Morgan fingerprint density at radius 3 is 2.72 bits per heavy atom. The first-order chi connectivity index (χ1) is 11.7. The number of allylic oxidation sites excluding steroid dienone is 2. The van der Waals surface area contributed by atoms with Crippen LogP contribution in [0.2, 0.25) is 0 Å². The molecule has 5 heteroatoms. The van der Waals surface area contributed by atoms with Gasteiger partial charge in [0.05, 0.1) is 6.10 Å². The Hall–Kier alpha value is -1.04. The van der Waals surface area contributed by atoms with Crippen LogP contribution in [-0.4, -0.2) is 45.2 Å². The summed E-state index contributed by atoms with van der Waals surface area (Å²) in [6.45, 7) is 3.35. The number of rotatable bonds is 2. The highest BCUT2D eigenvalue weighted by Crippen LogP contribution is 2.67. The standard InChI is InChI=1S/C20H28O5/c1-18-8-12(22)7-11(18)3-4-13-14-5-6-20(25,16(24)10-21)19(14,2)9-15(23)17(13)18/h7,13-15,17,21,23,25H,3-6,8-10H2,1-2H3/t13-,14-,15-,17+,18-,19-,20-/m0/s1. The van der Waals surface area contributed by atoms with E-state index in [0.29, 0.717) is 19.3 Å².